The molecule has 3 rings (SSSR count). The smallest absolute Gasteiger partial charge is 0.150 e. The Morgan fingerprint density at radius 3 is 2.71 bits per heavy atom. The minimum absolute atomic E-state index is 0.507. The van der Waals surface area contributed by atoms with Crippen LogP contribution < -0.4 is 10.5 Å². The van der Waals surface area contributed by atoms with Crippen LogP contribution in [0.2, 0.25) is 0 Å². The van der Waals surface area contributed by atoms with Crippen LogP contribution in [0.5, 0.6) is 5.75 Å². The molecule has 3 N–H and O–H groups in total. The van der Waals surface area contributed by atoms with E-state index in [2.05, 4.69) is 36.7 Å². The number of hydrogen-bond acceptors (Lipinski definition) is 2. The molecular weight excluding hydrogens is 345 g/mol. The molecule has 0 aliphatic carbocycles. The maximum atomic E-state index is 6.05. The molecule has 0 spiro atoms. The van der Waals surface area contributed by atoms with Gasteiger partial charge in [-0.2, -0.15) is 0 Å². The van der Waals surface area contributed by atoms with E-state index in [1.54, 1.807) is 10.6 Å². The molecule has 141 valence electrons. The van der Waals surface area contributed by atoms with Crippen LogP contribution in [-0.2, 0) is 0 Å². The number of H-pyrrole nitrogens is 1. The first kappa shape index (κ1) is 19.7. The zero-order chi connectivity index (χ0) is 19.9. The van der Waals surface area contributed by atoms with Crippen molar-refractivity contribution in [2.75, 3.05) is 13.2 Å². The number of allylic oxidation sites excluding steroid dienone is 2. The second kappa shape index (κ2) is 9.24. The summed E-state index contributed by atoms with van der Waals surface area (Å²) in [5, 5.41) is 0. The van der Waals surface area contributed by atoms with E-state index in [0.29, 0.717) is 13.2 Å². The summed E-state index contributed by atoms with van der Waals surface area (Å²) in [6, 6.07) is 10.1. The molecule has 0 saturated heterocycles. The van der Waals surface area contributed by atoms with Gasteiger partial charge in [0.15, 0.2) is 5.70 Å². The second-order valence-electron chi connectivity index (χ2n) is 6.60. The monoisotopic (exact) mass is 370 g/mol. The lowest BCUT2D eigenvalue weighted by Gasteiger charge is -2.13. The van der Waals surface area contributed by atoms with E-state index in [1.165, 1.54) is 0 Å². The Morgan fingerprint density at radius 2 is 2.07 bits per heavy atom. The molecule has 2 aromatic rings. The summed E-state index contributed by atoms with van der Waals surface area (Å²) in [5.74, 6) is 0.834. The minimum atomic E-state index is 0.507. The van der Waals surface area contributed by atoms with Gasteiger partial charge in [0, 0.05) is 23.4 Å². The summed E-state index contributed by atoms with van der Waals surface area (Å²) in [5.41, 5.74) is 12.3. The number of nitrogens with zero attached hydrogens (tertiary/aromatic N) is 1. The van der Waals surface area contributed by atoms with Crippen LogP contribution >= 0.6 is 0 Å². The second-order valence-corrected chi connectivity index (χ2v) is 6.60. The number of ether oxygens (including phenoxy) is 1. The highest BCUT2D eigenvalue weighted by atomic mass is 16.5. The lowest BCUT2D eigenvalue weighted by Crippen LogP contribution is -2.09. The van der Waals surface area contributed by atoms with Crippen molar-refractivity contribution in [1.82, 2.24) is 4.98 Å². The van der Waals surface area contributed by atoms with Crippen molar-refractivity contribution in [2.45, 2.75) is 13.3 Å². The fraction of sp³-hybridized carbons (Fsp3) is 0.174. The van der Waals surface area contributed by atoms with Gasteiger partial charge in [-0.3, -0.25) is 0 Å². The highest BCUT2D eigenvalue weighted by Gasteiger charge is 2.16. The van der Waals surface area contributed by atoms with Crippen molar-refractivity contribution < 1.29 is 9.22 Å². The molecule has 3 radical (unpaired) electrons. The lowest BCUT2D eigenvalue weighted by atomic mass is 10.0. The Labute approximate surface area is 167 Å². The third-order valence-electron chi connectivity index (χ3n) is 4.52. The molecule has 4 nitrogen and oxygen atoms in total. The first-order valence-electron chi connectivity index (χ1n) is 9.33. The molecular formula is C23H25BN3O. The van der Waals surface area contributed by atoms with Crippen LogP contribution in [0.4, 0.5) is 0 Å². The van der Waals surface area contributed by atoms with Gasteiger partial charge >= 0.3 is 0 Å². The van der Waals surface area contributed by atoms with E-state index >= 15 is 0 Å². The maximum absolute atomic E-state index is 6.05. The predicted molar refractivity (Wildman–Crippen MR) is 118 cm³/mol. The molecule has 0 fully saturated rings. The average molecular weight is 370 g/mol. The van der Waals surface area contributed by atoms with Gasteiger partial charge in [-0.25, -0.2) is 0 Å². The van der Waals surface area contributed by atoms with Gasteiger partial charge in [-0.05, 0) is 55.3 Å². The number of aryl methyl sites for hydroxylation is 1. The SMILES string of the molecule is [B-][N+]1=CC=CC1=C(CCN)c1[nH]c(/C=C/c2ccc(OCC=C)cc2)cc1C. The van der Waals surface area contributed by atoms with Crippen molar-refractivity contribution in [3.8, 4) is 5.75 Å². The van der Waals surface area contributed by atoms with E-state index in [-0.39, 0.29) is 0 Å². The van der Waals surface area contributed by atoms with Gasteiger partial charge < -0.3 is 19.9 Å². The predicted octanol–water partition coefficient (Wildman–Crippen LogP) is 3.85. The summed E-state index contributed by atoms with van der Waals surface area (Å²) in [6.07, 6.45) is 12.4. The summed E-state index contributed by atoms with van der Waals surface area (Å²) in [7, 11) is 6.05. The molecule has 1 aromatic carbocycles. The van der Waals surface area contributed by atoms with Crippen LogP contribution in [0.15, 0.2) is 60.8 Å². The highest BCUT2D eigenvalue weighted by molar-refractivity contribution is 6.01. The third-order valence-corrected chi connectivity index (χ3v) is 4.52. The Morgan fingerprint density at radius 1 is 1.29 bits per heavy atom. The molecule has 2 heterocycles. The van der Waals surface area contributed by atoms with Crippen LogP contribution in [0, 0.1) is 6.92 Å². The Bertz CT molecular complexity index is 962. The topological polar surface area (TPSA) is 54.0 Å². The van der Waals surface area contributed by atoms with Gasteiger partial charge in [-0.15, -0.1) is 7.98 Å². The summed E-state index contributed by atoms with van der Waals surface area (Å²) < 4.78 is 7.15. The van der Waals surface area contributed by atoms with Crippen LogP contribution in [0.3, 0.4) is 0 Å². The summed E-state index contributed by atoms with van der Waals surface area (Å²) >= 11 is 0. The number of benzene rings is 1. The number of nitrogens with two attached hydrogens (primary N) is 1. The molecule has 1 aromatic heterocycles. The van der Waals surface area contributed by atoms with Gasteiger partial charge in [0.1, 0.15) is 18.6 Å². The number of aromatic nitrogens is 1. The summed E-state index contributed by atoms with van der Waals surface area (Å²) in [6.45, 7) is 6.81. The van der Waals surface area contributed by atoms with E-state index in [9.17, 15) is 0 Å². The number of hydrogen-bond donors (Lipinski definition) is 2. The van der Waals surface area contributed by atoms with Gasteiger partial charge in [0.25, 0.3) is 0 Å². The largest absolute Gasteiger partial charge is 0.509 e. The standard InChI is InChI=1S/C23H25BN3O/c1-3-15-28-20-10-7-18(8-11-20)6-9-19-16-17(2)23(26-19)21(12-13-25)22-5-4-14-27(22)24/h3-11,14,16,26H,1,12-13,15,25H2,2H3/b9-6+,22-21?. The van der Waals surface area contributed by atoms with Crippen molar-refractivity contribution in [3.05, 3.63) is 83.4 Å². The highest BCUT2D eigenvalue weighted by Crippen LogP contribution is 2.27. The number of aromatic amines is 1. The molecule has 0 unspecified atom stereocenters. The normalized spacial score (nSPS) is 15.2. The average Bonchev–Trinajstić information content (AvgIpc) is 3.29. The Kier molecular flexibility index (Phi) is 6.51. The van der Waals surface area contributed by atoms with Gasteiger partial charge in [0.05, 0.1) is 5.69 Å². The molecule has 28 heavy (non-hydrogen) atoms. The zero-order valence-corrected chi connectivity index (χ0v) is 16.2. The van der Waals surface area contributed by atoms with Crippen molar-refractivity contribution in [1.29, 1.82) is 0 Å². The quantitative estimate of drug-likeness (QED) is 0.548. The maximum Gasteiger partial charge on any atom is 0.150 e. The minimum Gasteiger partial charge on any atom is -0.509 e. The van der Waals surface area contributed by atoms with E-state index < -0.39 is 0 Å². The van der Waals surface area contributed by atoms with Crippen molar-refractivity contribution >= 4 is 31.9 Å². The van der Waals surface area contributed by atoms with Crippen LogP contribution in [0.25, 0.3) is 17.7 Å². The molecule has 5 heteroatoms. The summed E-state index contributed by atoms with van der Waals surface area (Å²) in [4.78, 5) is 3.51. The third kappa shape index (κ3) is 4.62. The van der Waals surface area contributed by atoms with E-state index in [4.69, 9.17) is 18.5 Å². The first-order chi connectivity index (χ1) is 13.6. The first-order valence-corrected chi connectivity index (χ1v) is 9.33. The lowest BCUT2D eigenvalue weighted by molar-refractivity contribution is -0.294. The van der Waals surface area contributed by atoms with Gasteiger partial charge in [0.2, 0.25) is 0 Å². The molecule has 0 amide bonds. The zero-order valence-electron chi connectivity index (χ0n) is 16.2. The Hall–Kier alpha value is -3.05. The number of nitrogens with one attached hydrogen (secondary N) is 1. The van der Waals surface area contributed by atoms with Crippen molar-refractivity contribution in [2.24, 2.45) is 5.73 Å². The van der Waals surface area contributed by atoms with E-state index in [1.807, 2.05) is 42.6 Å². The fourth-order valence-corrected chi connectivity index (χ4v) is 3.18. The molecule has 0 saturated carbocycles. The number of rotatable bonds is 8. The molecule has 0 bridgehead atoms. The van der Waals surface area contributed by atoms with Crippen molar-refractivity contribution in [3.63, 3.8) is 0 Å². The molecule has 1 aliphatic rings. The Balaban J connectivity index is 1.82. The molecule has 1 aliphatic heterocycles. The van der Waals surface area contributed by atoms with Gasteiger partial charge in [-0.1, -0.05) is 30.9 Å². The van der Waals surface area contributed by atoms with Crippen LogP contribution in [-0.4, -0.2) is 36.8 Å². The molecule has 0 atom stereocenters. The fourth-order valence-electron chi connectivity index (χ4n) is 3.18. The van der Waals surface area contributed by atoms with E-state index in [0.717, 1.165) is 46.0 Å². The van der Waals surface area contributed by atoms with Crippen LogP contribution in [0.1, 0.15) is 28.9 Å².